The quantitative estimate of drug-likeness (QED) is 0.897. The number of furan rings is 1. The maximum absolute atomic E-state index is 5.46. The lowest BCUT2D eigenvalue weighted by molar-refractivity contribution is 0.488. The van der Waals surface area contributed by atoms with Crippen molar-refractivity contribution < 1.29 is 4.42 Å². The van der Waals surface area contributed by atoms with E-state index in [0.717, 1.165) is 24.9 Å². The van der Waals surface area contributed by atoms with Crippen LogP contribution in [0.5, 0.6) is 0 Å². The van der Waals surface area contributed by atoms with Crippen molar-refractivity contribution in [3.05, 3.63) is 47.2 Å². The number of hydrogen-bond donors (Lipinski definition) is 1. The first-order valence-corrected chi connectivity index (χ1v) is 7.65. The van der Waals surface area contributed by atoms with Gasteiger partial charge in [0.05, 0.1) is 12.8 Å². The summed E-state index contributed by atoms with van der Waals surface area (Å²) >= 11 is 0. The van der Waals surface area contributed by atoms with Crippen molar-refractivity contribution in [1.82, 2.24) is 9.88 Å². The van der Waals surface area contributed by atoms with E-state index in [9.17, 15) is 0 Å². The molecular weight excluding hydrogens is 248 g/mol. The van der Waals surface area contributed by atoms with Crippen LogP contribution in [0, 0.1) is 13.8 Å². The van der Waals surface area contributed by atoms with Crippen molar-refractivity contribution in [2.24, 2.45) is 0 Å². The zero-order valence-electron chi connectivity index (χ0n) is 12.5. The minimum atomic E-state index is 0.725. The van der Waals surface area contributed by atoms with Crippen LogP contribution < -0.4 is 5.32 Å². The average Bonchev–Trinajstić information content (AvgIpc) is 3.15. The first-order chi connectivity index (χ1) is 9.74. The number of aromatic nitrogens is 1. The van der Waals surface area contributed by atoms with Gasteiger partial charge in [-0.15, -0.1) is 0 Å². The second-order valence-electron chi connectivity index (χ2n) is 5.92. The Balaban J connectivity index is 1.69. The van der Waals surface area contributed by atoms with Crippen molar-refractivity contribution in [2.75, 3.05) is 0 Å². The lowest BCUT2D eigenvalue weighted by Crippen LogP contribution is -2.25. The highest BCUT2D eigenvalue weighted by molar-refractivity contribution is 5.27. The van der Waals surface area contributed by atoms with Crippen LogP contribution in [0.25, 0.3) is 0 Å². The van der Waals surface area contributed by atoms with Gasteiger partial charge >= 0.3 is 0 Å². The van der Waals surface area contributed by atoms with Crippen LogP contribution in [0.2, 0.25) is 0 Å². The van der Waals surface area contributed by atoms with E-state index in [4.69, 9.17) is 4.42 Å². The molecule has 0 radical (unpaired) electrons. The highest BCUT2D eigenvalue weighted by Gasteiger charge is 2.16. The van der Waals surface area contributed by atoms with Crippen LogP contribution in [0.15, 0.2) is 28.9 Å². The molecule has 1 aliphatic rings. The van der Waals surface area contributed by atoms with Gasteiger partial charge in [0.1, 0.15) is 5.76 Å². The van der Waals surface area contributed by atoms with Crippen LogP contribution in [0.4, 0.5) is 0 Å². The molecule has 0 unspecified atom stereocenters. The van der Waals surface area contributed by atoms with E-state index < -0.39 is 0 Å². The smallest absolute Gasteiger partial charge is 0.123 e. The second-order valence-corrected chi connectivity index (χ2v) is 5.92. The third-order valence-electron chi connectivity index (χ3n) is 4.51. The minimum absolute atomic E-state index is 0.725. The van der Waals surface area contributed by atoms with E-state index in [1.54, 1.807) is 6.26 Å². The molecule has 3 rings (SSSR count). The van der Waals surface area contributed by atoms with E-state index in [0.29, 0.717) is 0 Å². The molecule has 2 heterocycles. The maximum Gasteiger partial charge on any atom is 0.123 e. The van der Waals surface area contributed by atoms with Crippen molar-refractivity contribution >= 4 is 0 Å². The molecule has 0 amide bonds. The van der Waals surface area contributed by atoms with Crippen molar-refractivity contribution in [1.29, 1.82) is 0 Å². The molecule has 0 bridgehead atoms. The van der Waals surface area contributed by atoms with E-state index >= 15 is 0 Å². The molecule has 1 aliphatic carbocycles. The zero-order valence-corrected chi connectivity index (χ0v) is 12.5. The molecule has 1 saturated carbocycles. The number of rotatable bonds is 5. The summed E-state index contributed by atoms with van der Waals surface area (Å²) in [7, 11) is 0. The Morgan fingerprint density at radius 1 is 1.30 bits per heavy atom. The lowest BCUT2D eigenvalue weighted by atomic mass is 10.2. The van der Waals surface area contributed by atoms with Crippen LogP contribution in [-0.2, 0) is 13.1 Å². The first-order valence-electron chi connectivity index (χ1n) is 7.65. The molecule has 0 spiro atoms. The van der Waals surface area contributed by atoms with Gasteiger partial charge in [0.15, 0.2) is 0 Å². The Morgan fingerprint density at radius 2 is 2.10 bits per heavy atom. The molecule has 0 aliphatic heterocycles. The van der Waals surface area contributed by atoms with Crippen LogP contribution in [0.1, 0.15) is 48.4 Å². The van der Waals surface area contributed by atoms with Crippen LogP contribution >= 0.6 is 0 Å². The summed E-state index contributed by atoms with van der Waals surface area (Å²) in [4.78, 5) is 0. The third kappa shape index (κ3) is 2.83. The SMILES string of the molecule is Cc1cc(CNC2CCCC2)c(C)n1Cc1ccco1. The van der Waals surface area contributed by atoms with Gasteiger partial charge in [-0.05, 0) is 50.5 Å². The Labute approximate surface area is 121 Å². The largest absolute Gasteiger partial charge is 0.467 e. The molecule has 0 aromatic carbocycles. The molecule has 1 N–H and O–H groups in total. The van der Waals surface area contributed by atoms with Crippen LogP contribution in [-0.4, -0.2) is 10.6 Å². The third-order valence-corrected chi connectivity index (χ3v) is 4.51. The van der Waals surface area contributed by atoms with Gasteiger partial charge in [-0.2, -0.15) is 0 Å². The fourth-order valence-electron chi connectivity index (χ4n) is 3.24. The molecule has 3 nitrogen and oxygen atoms in total. The summed E-state index contributed by atoms with van der Waals surface area (Å²) in [5, 5.41) is 3.70. The maximum atomic E-state index is 5.46. The summed E-state index contributed by atoms with van der Waals surface area (Å²) in [6.07, 6.45) is 7.19. The Morgan fingerprint density at radius 3 is 2.80 bits per heavy atom. The van der Waals surface area contributed by atoms with Crippen molar-refractivity contribution in [3.8, 4) is 0 Å². The number of nitrogens with zero attached hydrogens (tertiary/aromatic N) is 1. The fraction of sp³-hybridized carbons (Fsp3) is 0.529. The summed E-state index contributed by atoms with van der Waals surface area (Å²) in [6.45, 7) is 6.20. The molecule has 20 heavy (non-hydrogen) atoms. The van der Waals surface area contributed by atoms with Gasteiger partial charge in [-0.3, -0.25) is 0 Å². The molecule has 108 valence electrons. The summed E-state index contributed by atoms with van der Waals surface area (Å²) in [5.74, 6) is 1.02. The van der Waals surface area contributed by atoms with Gasteiger partial charge in [0.25, 0.3) is 0 Å². The Hall–Kier alpha value is -1.48. The topological polar surface area (TPSA) is 30.1 Å². The molecule has 0 atom stereocenters. The van der Waals surface area contributed by atoms with E-state index in [-0.39, 0.29) is 0 Å². The van der Waals surface area contributed by atoms with Gasteiger partial charge in [0.2, 0.25) is 0 Å². The second kappa shape index (κ2) is 5.88. The average molecular weight is 272 g/mol. The predicted octanol–water partition coefficient (Wildman–Crippen LogP) is 3.78. The van der Waals surface area contributed by atoms with Crippen molar-refractivity contribution in [2.45, 2.75) is 58.7 Å². The molecular formula is C17H24N2O. The number of nitrogens with one attached hydrogen (secondary N) is 1. The molecule has 1 fully saturated rings. The minimum Gasteiger partial charge on any atom is -0.467 e. The first kappa shape index (κ1) is 13.5. The highest BCUT2D eigenvalue weighted by atomic mass is 16.3. The molecule has 2 aromatic rings. The standard InChI is InChI=1S/C17H24N2O/c1-13-10-15(11-18-16-6-3-4-7-16)14(2)19(13)12-17-8-5-9-20-17/h5,8-10,16,18H,3-4,6-7,11-12H2,1-2H3. The molecule has 3 heteroatoms. The monoisotopic (exact) mass is 272 g/mol. The molecule has 0 saturated heterocycles. The zero-order chi connectivity index (χ0) is 13.9. The van der Waals surface area contributed by atoms with Gasteiger partial charge in [-0.1, -0.05) is 12.8 Å². The number of aryl methyl sites for hydroxylation is 1. The Kier molecular flexibility index (Phi) is 3.97. The summed E-state index contributed by atoms with van der Waals surface area (Å²) < 4.78 is 7.80. The Bertz CT molecular complexity index is 548. The van der Waals surface area contributed by atoms with Crippen molar-refractivity contribution in [3.63, 3.8) is 0 Å². The summed E-state index contributed by atoms with van der Waals surface area (Å²) in [6, 6.07) is 7.02. The van der Waals surface area contributed by atoms with Gasteiger partial charge < -0.3 is 14.3 Å². The predicted molar refractivity (Wildman–Crippen MR) is 80.8 cm³/mol. The highest BCUT2D eigenvalue weighted by Crippen LogP contribution is 2.20. The normalized spacial score (nSPS) is 16.1. The van der Waals surface area contributed by atoms with E-state index in [1.807, 2.05) is 12.1 Å². The number of hydrogen-bond acceptors (Lipinski definition) is 2. The van der Waals surface area contributed by atoms with Gasteiger partial charge in [0, 0.05) is 24.0 Å². The molecule has 2 aromatic heterocycles. The van der Waals surface area contributed by atoms with Crippen LogP contribution in [0.3, 0.4) is 0 Å². The fourth-order valence-corrected chi connectivity index (χ4v) is 3.24. The van der Waals surface area contributed by atoms with E-state index in [2.05, 4.69) is 29.8 Å². The van der Waals surface area contributed by atoms with Gasteiger partial charge in [-0.25, -0.2) is 0 Å². The summed E-state index contributed by atoms with van der Waals surface area (Å²) in [5.41, 5.74) is 4.08. The van der Waals surface area contributed by atoms with E-state index in [1.165, 1.54) is 42.6 Å². The lowest BCUT2D eigenvalue weighted by Gasteiger charge is -2.12.